The van der Waals surface area contributed by atoms with Gasteiger partial charge in [-0.3, -0.25) is 4.90 Å². The summed E-state index contributed by atoms with van der Waals surface area (Å²) >= 11 is 6.13. The van der Waals surface area contributed by atoms with E-state index >= 15 is 0 Å². The monoisotopic (exact) mass is 263 g/mol. The normalized spacial score (nSPS) is 26.0. The molecular weight excluding hydrogens is 242 g/mol. The van der Waals surface area contributed by atoms with E-state index in [9.17, 15) is 0 Å². The van der Waals surface area contributed by atoms with Gasteiger partial charge in [0.15, 0.2) is 0 Å². The van der Waals surface area contributed by atoms with E-state index in [1.54, 1.807) is 5.56 Å². The Hall–Kier alpha value is -0.530. The second kappa shape index (κ2) is 5.22. The van der Waals surface area contributed by atoms with Crippen LogP contribution in [0.3, 0.4) is 0 Å². The zero-order valence-corrected chi connectivity index (χ0v) is 11.9. The van der Waals surface area contributed by atoms with E-state index in [-0.39, 0.29) is 0 Å². The lowest BCUT2D eigenvalue weighted by atomic mass is 9.77. The molecule has 1 aliphatic heterocycles. The predicted octanol–water partition coefficient (Wildman–Crippen LogP) is 4.45. The summed E-state index contributed by atoms with van der Waals surface area (Å²) in [4.78, 5) is 2.56. The van der Waals surface area contributed by atoms with Gasteiger partial charge >= 0.3 is 0 Å². The Morgan fingerprint density at radius 1 is 1.17 bits per heavy atom. The molecule has 0 amide bonds. The van der Waals surface area contributed by atoms with Crippen molar-refractivity contribution in [3.05, 3.63) is 34.3 Å². The summed E-state index contributed by atoms with van der Waals surface area (Å²) in [7, 11) is 2.29. The third-order valence-electron chi connectivity index (χ3n) is 4.73. The van der Waals surface area contributed by atoms with Crippen molar-refractivity contribution in [2.45, 2.75) is 44.6 Å². The number of hydrogen-bond donors (Lipinski definition) is 0. The summed E-state index contributed by atoms with van der Waals surface area (Å²) in [6, 6.07) is 7.15. The summed E-state index contributed by atoms with van der Waals surface area (Å²) in [5, 5.41) is 0.890. The summed E-state index contributed by atoms with van der Waals surface area (Å²) in [5.41, 5.74) is 3.02. The maximum Gasteiger partial charge on any atom is 0.0408 e. The molecule has 0 aromatic heterocycles. The zero-order chi connectivity index (χ0) is 12.5. The van der Waals surface area contributed by atoms with Crippen molar-refractivity contribution < 1.29 is 0 Å². The number of nitrogens with zero attached hydrogens (tertiary/aromatic N) is 1. The SMILES string of the molecule is CN1CCc2cc(Cl)ccc2C1C1CCCCC1. The van der Waals surface area contributed by atoms with Crippen LogP contribution < -0.4 is 0 Å². The van der Waals surface area contributed by atoms with Crippen LogP contribution in [0.25, 0.3) is 0 Å². The largest absolute Gasteiger partial charge is 0.299 e. The highest BCUT2D eigenvalue weighted by Gasteiger charge is 2.32. The molecule has 98 valence electrons. The molecule has 1 fully saturated rings. The van der Waals surface area contributed by atoms with Crippen molar-refractivity contribution in [1.29, 1.82) is 0 Å². The average molecular weight is 264 g/mol. The first-order chi connectivity index (χ1) is 8.75. The van der Waals surface area contributed by atoms with Crippen molar-refractivity contribution in [2.75, 3.05) is 13.6 Å². The highest BCUT2D eigenvalue weighted by Crippen LogP contribution is 2.41. The highest BCUT2D eigenvalue weighted by molar-refractivity contribution is 6.30. The summed E-state index contributed by atoms with van der Waals surface area (Å²) in [6.07, 6.45) is 8.21. The van der Waals surface area contributed by atoms with E-state index in [0.29, 0.717) is 6.04 Å². The molecule has 18 heavy (non-hydrogen) atoms. The van der Waals surface area contributed by atoms with Gasteiger partial charge in [-0.1, -0.05) is 36.9 Å². The molecule has 1 heterocycles. The van der Waals surface area contributed by atoms with Crippen LogP contribution in [0.15, 0.2) is 18.2 Å². The summed E-state index contributed by atoms with van der Waals surface area (Å²) < 4.78 is 0. The number of fused-ring (bicyclic) bond motifs is 1. The topological polar surface area (TPSA) is 3.24 Å². The quantitative estimate of drug-likeness (QED) is 0.724. The fraction of sp³-hybridized carbons (Fsp3) is 0.625. The molecule has 0 spiro atoms. The standard InChI is InChI=1S/C16H22ClN/c1-18-10-9-13-11-14(17)7-8-15(13)16(18)12-5-3-2-4-6-12/h7-8,11-12,16H,2-6,9-10H2,1H3. The van der Waals surface area contributed by atoms with Gasteiger partial charge in [-0.2, -0.15) is 0 Å². The van der Waals surface area contributed by atoms with Gasteiger partial charge in [-0.25, -0.2) is 0 Å². The molecule has 2 heteroatoms. The Kier molecular flexibility index (Phi) is 3.63. The molecular formula is C16H22ClN. The first kappa shape index (κ1) is 12.5. The number of likely N-dealkylation sites (N-methyl/N-ethyl adjacent to an activating group) is 1. The third kappa shape index (κ3) is 2.31. The predicted molar refractivity (Wildman–Crippen MR) is 77.1 cm³/mol. The van der Waals surface area contributed by atoms with Crippen molar-refractivity contribution >= 4 is 11.6 Å². The Bertz CT molecular complexity index is 423. The van der Waals surface area contributed by atoms with E-state index < -0.39 is 0 Å². The van der Waals surface area contributed by atoms with E-state index in [1.165, 1.54) is 44.2 Å². The molecule has 0 bridgehead atoms. The lowest BCUT2D eigenvalue weighted by Gasteiger charge is -2.41. The van der Waals surface area contributed by atoms with Gasteiger partial charge in [0, 0.05) is 17.6 Å². The fourth-order valence-corrected chi connectivity index (χ4v) is 4.01. The van der Waals surface area contributed by atoms with Gasteiger partial charge in [0.1, 0.15) is 0 Å². The molecule has 0 N–H and O–H groups in total. The van der Waals surface area contributed by atoms with Gasteiger partial charge in [-0.05, 0) is 55.5 Å². The maximum absolute atomic E-state index is 6.13. The van der Waals surface area contributed by atoms with Gasteiger partial charge < -0.3 is 0 Å². The molecule has 2 aliphatic rings. The van der Waals surface area contributed by atoms with Gasteiger partial charge in [0.05, 0.1) is 0 Å². The van der Waals surface area contributed by atoms with E-state index in [1.807, 2.05) is 0 Å². The number of benzene rings is 1. The molecule has 0 radical (unpaired) electrons. The molecule has 1 saturated carbocycles. The van der Waals surface area contributed by atoms with Crippen LogP contribution in [0.4, 0.5) is 0 Å². The van der Waals surface area contributed by atoms with Crippen molar-refractivity contribution in [3.63, 3.8) is 0 Å². The number of rotatable bonds is 1. The molecule has 1 aromatic carbocycles. The minimum Gasteiger partial charge on any atom is -0.299 e. The van der Waals surface area contributed by atoms with Crippen LogP contribution in [-0.2, 0) is 6.42 Å². The Balaban J connectivity index is 1.93. The summed E-state index contributed by atoms with van der Waals surface area (Å²) in [5.74, 6) is 0.851. The molecule has 1 unspecified atom stereocenters. The Labute approximate surface area is 115 Å². The molecule has 0 saturated heterocycles. The van der Waals surface area contributed by atoms with Crippen LogP contribution in [-0.4, -0.2) is 18.5 Å². The number of halogens is 1. The highest BCUT2D eigenvalue weighted by atomic mass is 35.5. The van der Waals surface area contributed by atoms with Gasteiger partial charge in [0.25, 0.3) is 0 Å². The van der Waals surface area contributed by atoms with Crippen LogP contribution >= 0.6 is 11.6 Å². The van der Waals surface area contributed by atoms with Crippen molar-refractivity contribution in [2.24, 2.45) is 5.92 Å². The average Bonchev–Trinajstić information content (AvgIpc) is 2.40. The van der Waals surface area contributed by atoms with Crippen LogP contribution in [0.5, 0.6) is 0 Å². The first-order valence-corrected chi connectivity index (χ1v) is 7.62. The lowest BCUT2D eigenvalue weighted by Crippen LogP contribution is -2.37. The fourth-order valence-electron chi connectivity index (χ4n) is 3.82. The van der Waals surface area contributed by atoms with Crippen LogP contribution in [0.2, 0.25) is 5.02 Å². The second-order valence-electron chi connectivity index (χ2n) is 5.92. The zero-order valence-electron chi connectivity index (χ0n) is 11.2. The van der Waals surface area contributed by atoms with Crippen molar-refractivity contribution in [1.82, 2.24) is 4.90 Å². The Morgan fingerprint density at radius 2 is 1.94 bits per heavy atom. The molecule has 3 rings (SSSR count). The molecule has 1 nitrogen and oxygen atoms in total. The second-order valence-corrected chi connectivity index (χ2v) is 6.35. The minimum atomic E-state index is 0.631. The van der Waals surface area contributed by atoms with Crippen LogP contribution in [0, 0.1) is 5.92 Å². The van der Waals surface area contributed by atoms with Gasteiger partial charge in [-0.15, -0.1) is 0 Å². The van der Waals surface area contributed by atoms with Crippen LogP contribution in [0.1, 0.15) is 49.3 Å². The maximum atomic E-state index is 6.13. The Morgan fingerprint density at radius 3 is 2.72 bits per heavy atom. The van der Waals surface area contributed by atoms with E-state index in [0.717, 1.165) is 17.4 Å². The van der Waals surface area contributed by atoms with Crippen molar-refractivity contribution in [3.8, 4) is 0 Å². The third-order valence-corrected chi connectivity index (χ3v) is 4.96. The first-order valence-electron chi connectivity index (χ1n) is 7.24. The van der Waals surface area contributed by atoms with Gasteiger partial charge in [0.2, 0.25) is 0 Å². The smallest absolute Gasteiger partial charge is 0.0408 e. The lowest BCUT2D eigenvalue weighted by molar-refractivity contribution is 0.135. The number of hydrogen-bond acceptors (Lipinski definition) is 1. The molecule has 1 aliphatic carbocycles. The van der Waals surface area contributed by atoms with E-state index in [2.05, 4.69) is 30.1 Å². The minimum absolute atomic E-state index is 0.631. The van der Waals surface area contributed by atoms with E-state index in [4.69, 9.17) is 11.6 Å². The molecule has 1 atom stereocenters. The molecule has 1 aromatic rings. The summed E-state index contributed by atoms with van der Waals surface area (Å²) in [6.45, 7) is 1.18.